The Morgan fingerprint density at radius 1 is 1.70 bits per heavy atom. The van der Waals surface area contributed by atoms with E-state index in [1.165, 1.54) is 12.3 Å². The molecule has 0 radical (unpaired) electrons. The lowest BCUT2D eigenvalue weighted by atomic mass is 10.3. The van der Waals surface area contributed by atoms with E-state index in [4.69, 9.17) is 5.73 Å². The second kappa shape index (κ2) is 2.70. The van der Waals surface area contributed by atoms with Crippen LogP contribution < -0.4 is 5.73 Å². The average molecular weight is 156 g/mol. The van der Waals surface area contributed by atoms with E-state index in [0.717, 1.165) is 0 Å². The molecule has 0 aliphatic heterocycles. The molecule has 2 nitrogen and oxygen atoms in total. The predicted octanol–water partition coefficient (Wildman–Crippen LogP) is 0.855. The van der Waals surface area contributed by atoms with Crippen LogP contribution in [0, 0.1) is 5.95 Å². The number of rotatable bonds is 1. The van der Waals surface area contributed by atoms with Crippen molar-refractivity contribution in [3.05, 3.63) is 29.8 Å². The molecule has 0 bridgehead atoms. The summed E-state index contributed by atoms with van der Waals surface area (Å²) >= 11 is 4.60. The molecule has 0 aromatic carbocycles. The zero-order chi connectivity index (χ0) is 7.56. The van der Waals surface area contributed by atoms with Gasteiger partial charge in [0.25, 0.3) is 0 Å². The van der Waals surface area contributed by atoms with Gasteiger partial charge in [-0.05, 0) is 6.07 Å². The number of hydrogen-bond acceptors (Lipinski definition) is 2. The van der Waals surface area contributed by atoms with Crippen molar-refractivity contribution < 1.29 is 4.39 Å². The highest BCUT2D eigenvalue weighted by molar-refractivity contribution is 7.80. The van der Waals surface area contributed by atoms with Crippen molar-refractivity contribution in [2.24, 2.45) is 5.73 Å². The molecule has 0 unspecified atom stereocenters. The monoisotopic (exact) mass is 156 g/mol. The van der Waals surface area contributed by atoms with Gasteiger partial charge in [-0.1, -0.05) is 12.2 Å². The lowest BCUT2D eigenvalue weighted by Gasteiger charge is -1.94. The van der Waals surface area contributed by atoms with Gasteiger partial charge in [0.2, 0.25) is 5.95 Å². The molecule has 0 saturated heterocycles. The van der Waals surface area contributed by atoms with Crippen molar-refractivity contribution in [3.63, 3.8) is 0 Å². The molecule has 0 amide bonds. The Balaban J connectivity index is 3.07. The number of nitrogens with two attached hydrogens (primary N) is 1. The SMILES string of the molecule is NC(=S)c1ccnc(F)c1. The molecule has 1 heterocycles. The van der Waals surface area contributed by atoms with Gasteiger partial charge in [-0.3, -0.25) is 0 Å². The minimum atomic E-state index is -0.565. The van der Waals surface area contributed by atoms with Crippen molar-refractivity contribution in [3.8, 4) is 0 Å². The third kappa shape index (κ3) is 1.48. The zero-order valence-corrected chi connectivity index (χ0v) is 5.86. The van der Waals surface area contributed by atoms with Crippen LogP contribution in [-0.2, 0) is 0 Å². The van der Waals surface area contributed by atoms with Gasteiger partial charge < -0.3 is 5.73 Å². The van der Waals surface area contributed by atoms with Crippen LogP contribution in [0.1, 0.15) is 5.56 Å². The van der Waals surface area contributed by atoms with Crippen molar-refractivity contribution in [1.29, 1.82) is 0 Å². The van der Waals surface area contributed by atoms with Crippen LogP contribution in [0.2, 0.25) is 0 Å². The van der Waals surface area contributed by atoms with Crippen LogP contribution in [0.4, 0.5) is 4.39 Å². The summed E-state index contributed by atoms with van der Waals surface area (Å²) in [6.45, 7) is 0. The Labute approximate surface area is 62.9 Å². The highest BCUT2D eigenvalue weighted by Crippen LogP contribution is 1.98. The quantitative estimate of drug-likeness (QED) is 0.484. The fourth-order valence-electron chi connectivity index (χ4n) is 0.556. The van der Waals surface area contributed by atoms with E-state index in [-0.39, 0.29) is 4.99 Å². The maximum absolute atomic E-state index is 12.3. The fraction of sp³-hybridized carbons (Fsp3) is 0. The minimum absolute atomic E-state index is 0.182. The van der Waals surface area contributed by atoms with E-state index < -0.39 is 5.95 Å². The van der Waals surface area contributed by atoms with Gasteiger partial charge in [0, 0.05) is 17.8 Å². The van der Waals surface area contributed by atoms with E-state index >= 15 is 0 Å². The summed E-state index contributed by atoms with van der Waals surface area (Å²) < 4.78 is 12.3. The molecule has 1 aromatic heterocycles. The Kier molecular flexibility index (Phi) is 1.91. The molecule has 0 spiro atoms. The van der Waals surface area contributed by atoms with Crippen LogP contribution in [0.15, 0.2) is 18.3 Å². The number of nitrogens with zero attached hydrogens (tertiary/aromatic N) is 1. The minimum Gasteiger partial charge on any atom is -0.389 e. The molecule has 0 saturated carbocycles. The topological polar surface area (TPSA) is 38.9 Å². The lowest BCUT2D eigenvalue weighted by molar-refractivity contribution is 0.583. The molecule has 52 valence electrons. The summed E-state index contributed by atoms with van der Waals surface area (Å²) in [5.74, 6) is -0.565. The number of thiocarbonyl (C=S) groups is 1. The van der Waals surface area contributed by atoms with Crippen molar-refractivity contribution in [2.75, 3.05) is 0 Å². The molecule has 4 heteroatoms. The largest absolute Gasteiger partial charge is 0.389 e. The molecule has 1 rings (SSSR count). The summed E-state index contributed by atoms with van der Waals surface area (Å²) in [6, 6.07) is 2.76. The van der Waals surface area contributed by atoms with Gasteiger partial charge in [-0.15, -0.1) is 0 Å². The summed E-state index contributed by atoms with van der Waals surface area (Å²) in [7, 11) is 0. The first kappa shape index (κ1) is 7.08. The third-order valence-corrected chi connectivity index (χ3v) is 1.25. The van der Waals surface area contributed by atoms with Crippen LogP contribution >= 0.6 is 12.2 Å². The molecular formula is C6H5FN2S. The molecular weight excluding hydrogens is 151 g/mol. The standard InChI is InChI=1S/C6H5FN2S/c7-5-3-4(6(8)10)1-2-9-5/h1-3H,(H2,8,10). The van der Waals surface area contributed by atoms with Gasteiger partial charge in [-0.2, -0.15) is 4.39 Å². The van der Waals surface area contributed by atoms with Crippen molar-refractivity contribution in [1.82, 2.24) is 4.98 Å². The van der Waals surface area contributed by atoms with Gasteiger partial charge in [-0.25, -0.2) is 4.98 Å². The Morgan fingerprint density at radius 2 is 2.40 bits per heavy atom. The Bertz CT molecular complexity index is 262. The zero-order valence-electron chi connectivity index (χ0n) is 5.04. The number of halogens is 1. The molecule has 2 N–H and O–H groups in total. The van der Waals surface area contributed by atoms with Gasteiger partial charge in [0.1, 0.15) is 4.99 Å². The van der Waals surface area contributed by atoms with E-state index in [1.54, 1.807) is 6.07 Å². The maximum Gasteiger partial charge on any atom is 0.213 e. The van der Waals surface area contributed by atoms with Gasteiger partial charge in [0.05, 0.1) is 0 Å². The predicted molar refractivity (Wildman–Crippen MR) is 40.1 cm³/mol. The first-order valence-electron chi connectivity index (χ1n) is 2.61. The molecule has 0 fully saturated rings. The average Bonchev–Trinajstić information content (AvgIpc) is 1.88. The smallest absolute Gasteiger partial charge is 0.213 e. The molecule has 1 aromatic rings. The van der Waals surface area contributed by atoms with E-state index in [2.05, 4.69) is 17.2 Å². The van der Waals surface area contributed by atoms with Crippen LogP contribution in [0.25, 0.3) is 0 Å². The first-order valence-corrected chi connectivity index (χ1v) is 3.02. The van der Waals surface area contributed by atoms with E-state index in [0.29, 0.717) is 5.56 Å². The van der Waals surface area contributed by atoms with Crippen molar-refractivity contribution >= 4 is 17.2 Å². The fourth-order valence-corrected chi connectivity index (χ4v) is 0.683. The highest BCUT2D eigenvalue weighted by Gasteiger charge is 1.96. The summed E-state index contributed by atoms with van der Waals surface area (Å²) in [5.41, 5.74) is 5.72. The van der Waals surface area contributed by atoms with Crippen LogP contribution in [0.3, 0.4) is 0 Å². The van der Waals surface area contributed by atoms with E-state index in [9.17, 15) is 4.39 Å². The summed E-state index contributed by atoms with van der Waals surface area (Å²) in [4.78, 5) is 3.52. The highest BCUT2D eigenvalue weighted by atomic mass is 32.1. The second-order valence-electron chi connectivity index (χ2n) is 1.73. The van der Waals surface area contributed by atoms with Gasteiger partial charge in [0.15, 0.2) is 0 Å². The number of hydrogen-bond donors (Lipinski definition) is 1. The third-order valence-electron chi connectivity index (χ3n) is 1.01. The van der Waals surface area contributed by atoms with Gasteiger partial charge >= 0.3 is 0 Å². The second-order valence-corrected chi connectivity index (χ2v) is 2.17. The first-order chi connectivity index (χ1) is 4.70. The summed E-state index contributed by atoms with van der Waals surface area (Å²) in [6.07, 6.45) is 1.32. The van der Waals surface area contributed by atoms with Crippen molar-refractivity contribution in [2.45, 2.75) is 0 Å². The lowest BCUT2D eigenvalue weighted by Crippen LogP contribution is -2.09. The van der Waals surface area contributed by atoms with Crippen LogP contribution in [-0.4, -0.2) is 9.97 Å². The normalized spacial score (nSPS) is 9.30. The van der Waals surface area contributed by atoms with E-state index in [1.807, 2.05) is 0 Å². The Morgan fingerprint density at radius 3 is 2.80 bits per heavy atom. The molecule has 0 aliphatic carbocycles. The Hall–Kier alpha value is -1.03. The molecule has 0 atom stereocenters. The number of pyridine rings is 1. The molecule has 10 heavy (non-hydrogen) atoms. The van der Waals surface area contributed by atoms with Crippen LogP contribution in [0.5, 0.6) is 0 Å². The molecule has 0 aliphatic rings. The number of aromatic nitrogens is 1. The summed E-state index contributed by atoms with van der Waals surface area (Å²) in [5, 5.41) is 0. The maximum atomic E-state index is 12.3.